The van der Waals surface area contributed by atoms with Crippen molar-refractivity contribution in [3.63, 3.8) is 0 Å². The molecule has 0 saturated heterocycles. The number of carbonyl (C=O) groups is 3. The van der Waals surface area contributed by atoms with Crippen molar-refractivity contribution in [1.29, 1.82) is 0 Å². The summed E-state index contributed by atoms with van der Waals surface area (Å²) in [5, 5.41) is 13.9. The van der Waals surface area contributed by atoms with Crippen LogP contribution in [0.5, 0.6) is 11.5 Å². The van der Waals surface area contributed by atoms with E-state index in [1.807, 2.05) is 0 Å². The number of allylic oxidation sites excluding steroid dienone is 1. The van der Waals surface area contributed by atoms with E-state index in [1.165, 1.54) is 6.07 Å². The molecular formula is C23H27ClNO8-. The zero-order chi connectivity index (χ0) is 24.7. The summed E-state index contributed by atoms with van der Waals surface area (Å²) in [7, 11) is 0. The van der Waals surface area contributed by atoms with Crippen LogP contribution in [0, 0.1) is 5.92 Å². The van der Waals surface area contributed by atoms with E-state index in [0.29, 0.717) is 17.0 Å². The second-order valence-corrected chi connectivity index (χ2v) is 7.45. The average molecular weight is 481 g/mol. The molecule has 10 heteroatoms. The minimum Gasteiger partial charge on any atom is -0.546 e. The topological polar surface area (TPSA) is 123 Å². The van der Waals surface area contributed by atoms with Gasteiger partial charge in [0.2, 0.25) is 0 Å². The number of halogens is 1. The van der Waals surface area contributed by atoms with Crippen LogP contribution in [0.15, 0.2) is 35.7 Å². The Morgan fingerprint density at radius 2 is 1.76 bits per heavy atom. The normalized spacial score (nSPS) is 17.8. The van der Waals surface area contributed by atoms with E-state index < -0.39 is 36.4 Å². The van der Waals surface area contributed by atoms with Crippen LogP contribution < -0.4 is 19.9 Å². The number of carboxylic acids is 1. The van der Waals surface area contributed by atoms with Crippen LogP contribution >= 0.6 is 11.6 Å². The Balaban J connectivity index is 2.72. The second kappa shape index (κ2) is 11.6. The van der Waals surface area contributed by atoms with Crippen molar-refractivity contribution in [3.8, 4) is 11.5 Å². The van der Waals surface area contributed by atoms with Gasteiger partial charge in [-0.3, -0.25) is 4.79 Å². The molecule has 1 heterocycles. The van der Waals surface area contributed by atoms with Gasteiger partial charge in [-0.25, -0.2) is 4.79 Å². The summed E-state index contributed by atoms with van der Waals surface area (Å²) in [6.45, 7) is 10.5. The minimum absolute atomic E-state index is 0.00491. The standard InChI is InChI=1S/C23H28ClNO8/c1-6-30-16-10-14(9-15(24)21(16)33-11-17(26)27)20-18(22(28)31-7-2)12(4)25-13(5)19(20)23(29)32-8-3/h9-10,18,20,25H,4,6-8,11H2,1-3,5H3,(H,26,27)/p-1. The lowest BCUT2D eigenvalue weighted by atomic mass is 9.75. The third kappa shape index (κ3) is 5.98. The first kappa shape index (κ1) is 26.1. The van der Waals surface area contributed by atoms with E-state index in [4.69, 9.17) is 30.5 Å². The SMILES string of the molecule is C=C1NC(C)=C(C(=O)OCC)C(c2cc(Cl)c(OCC(=O)[O-])c(OCC)c2)C1C(=O)OCC. The Kier molecular flexibility index (Phi) is 9.16. The number of hydrogen-bond donors (Lipinski definition) is 1. The number of benzene rings is 1. The number of ether oxygens (including phenoxy) is 4. The van der Waals surface area contributed by atoms with Gasteiger partial charge in [0, 0.05) is 17.3 Å². The highest BCUT2D eigenvalue weighted by Crippen LogP contribution is 2.46. The number of carbonyl (C=O) groups excluding carboxylic acids is 3. The Hall–Kier alpha value is -3.20. The molecule has 1 aromatic rings. The van der Waals surface area contributed by atoms with Crippen LogP contribution in [0.4, 0.5) is 0 Å². The lowest BCUT2D eigenvalue weighted by Gasteiger charge is -2.35. The van der Waals surface area contributed by atoms with E-state index in [-0.39, 0.29) is 41.9 Å². The van der Waals surface area contributed by atoms with E-state index in [0.717, 1.165) is 0 Å². The maximum absolute atomic E-state index is 12.9. The molecule has 0 radical (unpaired) electrons. The fourth-order valence-electron chi connectivity index (χ4n) is 3.65. The van der Waals surface area contributed by atoms with Crippen LogP contribution in [-0.4, -0.2) is 44.3 Å². The molecule has 0 bridgehead atoms. The minimum atomic E-state index is -1.43. The molecule has 1 aliphatic rings. The highest BCUT2D eigenvalue weighted by molar-refractivity contribution is 6.32. The van der Waals surface area contributed by atoms with E-state index in [2.05, 4.69) is 11.9 Å². The molecule has 2 unspecified atom stereocenters. The van der Waals surface area contributed by atoms with Gasteiger partial charge in [-0.05, 0) is 45.4 Å². The first-order valence-electron chi connectivity index (χ1n) is 10.4. The third-order valence-electron chi connectivity index (χ3n) is 4.83. The lowest BCUT2D eigenvalue weighted by Crippen LogP contribution is -2.39. The van der Waals surface area contributed by atoms with Gasteiger partial charge in [-0.2, -0.15) is 0 Å². The summed E-state index contributed by atoms with van der Waals surface area (Å²) in [4.78, 5) is 36.7. The van der Waals surface area contributed by atoms with Crippen molar-refractivity contribution >= 4 is 29.5 Å². The monoisotopic (exact) mass is 480 g/mol. The molecule has 0 aliphatic carbocycles. The molecule has 1 aliphatic heterocycles. The van der Waals surface area contributed by atoms with Crippen LogP contribution in [0.2, 0.25) is 5.02 Å². The molecule has 0 fully saturated rings. The molecule has 2 rings (SSSR count). The zero-order valence-electron chi connectivity index (χ0n) is 19.0. The molecule has 2 atom stereocenters. The predicted molar refractivity (Wildman–Crippen MR) is 118 cm³/mol. The van der Waals surface area contributed by atoms with Gasteiger partial charge < -0.3 is 34.2 Å². The molecule has 0 saturated carbocycles. The number of esters is 2. The van der Waals surface area contributed by atoms with Gasteiger partial charge in [0.15, 0.2) is 11.5 Å². The maximum Gasteiger partial charge on any atom is 0.336 e. The summed E-state index contributed by atoms with van der Waals surface area (Å²) < 4.78 is 21.4. The van der Waals surface area contributed by atoms with Crippen molar-refractivity contribution in [2.45, 2.75) is 33.6 Å². The fourth-order valence-corrected chi connectivity index (χ4v) is 3.92. The van der Waals surface area contributed by atoms with Gasteiger partial charge >= 0.3 is 11.9 Å². The number of hydrogen-bond acceptors (Lipinski definition) is 9. The Labute approximate surface area is 197 Å². The smallest absolute Gasteiger partial charge is 0.336 e. The molecule has 180 valence electrons. The molecule has 0 spiro atoms. The first-order chi connectivity index (χ1) is 15.7. The zero-order valence-corrected chi connectivity index (χ0v) is 19.7. The van der Waals surface area contributed by atoms with Gasteiger partial charge in [0.25, 0.3) is 0 Å². The number of nitrogens with one attached hydrogen (secondary N) is 1. The van der Waals surface area contributed by atoms with Crippen molar-refractivity contribution in [2.24, 2.45) is 5.92 Å². The van der Waals surface area contributed by atoms with Crippen LogP contribution in [0.1, 0.15) is 39.2 Å². The van der Waals surface area contributed by atoms with E-state index >= 15 is 0 Å². The van der Waals surface area contributed by atoms with Gasteiger partial charge in [-0.1, -0.05) is 18.2 Å². The maximum atomic E-state index is 12.9. The lowest BCUT2D eigenvalue weighted by molar-refractivity contribution is -0.307. The van der Waals surface area contributed by atoms with Crippen LogP contribution in [-0.2, 0) is 23.9 Å². The number of carboxylic acid groups (broad SMARTS) is 1. The second-order valence-electron chi connectivity index (χ2n) is 7.04. The highest BCUT2D eigenvalue weighted by atomic mass is 35.5. The molecular weight excluding hydrogens is 454 g/mol. The van der Waals surface area contributed by atoms with Crippen molar-refractivity contribution in [1.82, 2.24) is 5.32 Å². The van der Waals surface area contributed by atoms with Gasteiger partial charge in [0.1, 0.15) is 12.5 Å². The summed E-state index contributed by atoms with van der Waals surface area (Å²) in [6, 6.07) is 3.03. The largest absolute Gasteiger partial charge is 0.546 e. The molecule has 1 N–H and O–H groups in total. The van der Waals surface area contributed by atoms with Crippen molar-refractivity contribution in [3.05, 3.63) is 46.3 Å². The Morgan fingerprint density at radius 1 is 1.09 bits per heavy atom. The van der Waals surface area contributed by atoms with Crippen LogP contribution in [0.25, 0.3) is 0 Å². The van der Waals surface area contributed by atoms with Gasteiger partial charge in [-0.15, -0.1) is 0 Å². The van der Waals surface area contributed by atoms with Crippen LogP contribution in [0.3, 0.4) is 0 Å². The summed E-state index contributed by atoms with van der Waals surface area (Å²) in [5.74, 6) is -4.30. The number of rotatable bonds is 10. The van der Waals surface area contributed by atoms with Crippen molar-refractivity contribution in [2.75, 3.05) is 26.4 Å². The summed E-state index contributed by atoms with van der Waals surface area (Å²) >= 11 is 6.42. The highest BCUT2D eigenvalue weighted by Gasteiger charge is 2.43. The summed E-state index contributed by atoms with van der Waals surface area (Å²) in [5.41, 5.74) is 1.46. The molecule has 33 heavy (non-hydrogen) atoms. The molecule has 0 amide bonds. The fraction of sp³-hybridized carbons (Fsp3) is 0.435. The van der Waals surface area contributed by atoms with Crippen molar-refractivity contribution < 1.29 is 38.4 Å². The number of aliphatic carboxylic acids is 1. The summed E-state index contributed by atoms with van der Waals surface area (Å²) in [6.07, 6.45) is 0. The molecule has 1 aromatic carbocycles. The Bertz CT molecular complexity index is 971. The molecule has 9 nitrogen and oxygen atoms in total. The quantitative estimate of drug-likeness (QED) is 0.501. The Morgan fingerprint density at radius 3 is 2.33 bits per heavy atom. The third-order valence-corrected chi connectivity index (χ3v) is 5.11. The van der Waals surface area contributed by atoms with E-state index in [1.54, 1.807) is 33.8 Å². The van der Waals surface area contributed by atoms with Gasteiger partial charge in [0.05, 0.1) is 36.4 Å². The average Bonchev–Trinajstić information content (AvgIpc) is 2.72. The van der Waals surface area contributed by atoms with E-state index in [9.17, 15) is 19.5 Å². The first-order valence-corrected chi connectivity index (χ1v) is 10.8. The predicted octanol–water partition coefficient (Wildman–Crippen LogP) is 2.08. The molecule has 0 aromatic heterocycles.